The summed E-state index contributed by atoms with van der Waals surface area (Å²) in [5.41, 5.74) is 5.67. The minimum Gasteiger partial charge on any atom is -0.338 e. The third kappa shape index (κ3) is 5.28. The van der Waals surface area contributed by atoms with Gasteiger partial charge in [-0.3, -0.25) is 9.59 Å². The minimum atomic E-state index is -0.358. The molecule has 5 nitrogen and oxygen atoms in total. The highest BCUT2D eigenvalue weighted by molar-refractivity contribution is 6.01. The lowest BCUT2D eigenvalue weighted by Gasteiger charge is -2.16. The number of carbonyl (C=O) groups is 2. The van der Waals surface area contributed by atoms with Crippen molar-refractivity contribution in [3.63, 3.8) is 0 Å². The van der Waals surface area contributed by atoms with Crippen molar-refractivity contribution in [3.8, 4) is 0 Å². The molecule has 1 aliphatic heterocycles. The van der Waals surface area contributed by atoms with Crippen molar-refractivity contribution in [2.45, 2.75) is 39.2 Å². The van der Waals surface area contributed by atoms with Crippen molar-refractivity contribution >= 4 is 17.5 Å². The molecule has 1 saturated heterocycles. The van der Waals surface area contributed by atoms with Gasteiger partial charge in [0.1, 0.15) is 0 Å². The molecular weight excluding hydrogens is 350 g/mol. The predicted octanol–water partition coefficient (Wildman–Crippen LogP) is 3.75. The Balaban J connectivity index is 1.61. The standard InChI is InChI=1S/C23H27N3O2/c1-2-3-14-21(19-12-8-5-9-13-19)24-25-23(28)20-15-22(27)26(17-20)16-18-10-6-4-7-11-18/h4-13,20H,2-3,14-17H2,1H3,(H,25,28)/b24-21+. The number of benzene rings is 2. The van der Waals surface area contributed by atoms with Gasteiger partial charge in [0.05, 0.1) is 11.6 Å². The Morgan fingerprint density at radius 1 is 1.11 bits per heavy atom. The first-order valence-electron chi connectivity index (χ1n) is 9.91. The maximum atomic E-state index is 12.6. The SMILES string of the molecule is CCCC/C(=N\NC(=O)C1CC(=O)N(Cc2ccccc2)C1)c1ccccc1. The first-order valence-corrected chi connectivity index (χ1v) is 9.91. The first kappa shape index (κ1) is 19.8. The molecule has 1 atom stereocenters. The Labute approximate surface area is 166 Å². The van der Waals surface area contributed by atoms with E-state index in [0.29, 0.717) is 13.1 Å². The van der Waals surface area contributed by atoms with Crippen LogP contribution in [0.3, 0.4) is 0 Å². The molecule has 3 rings (SSSR count). The van der Waals surface area contributed by atoms with Gasteiger partial charge in [0, 0.05) is 19.5 Å². The molecule has 1 unspecified atom stereocenters. The average molecular weight is 377 g/mol. The largest absolute Gasteiger partial charge is 0.338 e. The molecule has 146 valence electrons. The molecule has 0 spiro atoms. The molecule has 2 aromatic carbocycles. The van der Waals surface area contributed by atoms with Gasteiger partial charge < -0.3 is 4.90 Å². The summed E-state index contributed by atoms with van der Waals surface area (Å²) < 4.78 is 0. The molecule has 2 amide bonds. The molecule has 0 bridgehead atoms. The van der Waals surface area contributed by atoms with Crippen molar-refractivity contribution in [2.24, 2.45) is 11.0 Å². The molecule has 2 aromatic rings. The summed E-state index contributed by atoms with van der Waals surface area (Å²) in [4.78, 5) is 26.7. The highest BCUT2D eigenvalue weighted by Crippen LogP contribution is 2.20. The smallest absolute Gasteiger partial charge is 0.245 e. The Morgan fingerprint density at radius 3 is 2.46 bits per heavy atom. The quantitative estimate of drug-likeness (QED) is 0.563. The number of rotatable bonds is 8. The summed E-state index contributed by atoms with van der Waals surface area (Å²) in [6, 6.07) is 19.7. The number of unbranched alkanes of at least 4 members (excludes halogenated alkanes) is 1. The monoisotopic (exact) mass is 377 g/mol. The second-order valence-corrected chi connectivity index (χ2v) is 7.17. The van der Waals surface area contributed by atoms with E-state index in [1.807, 2.05) is 60.7 Å². The van der Waals surface area contributed by atoms with E-state index in [9.17, 15) is 9.59 Å². The number of likely N-dealkylation sites (tertiary alicyclic amines) is 1. The Bertz CT molecular complexity index is 818. The van der Waals surface area contributed by atoms with Gasteiger partial charge in [-0.05, 0) is 24.0 Å². The van der Waals surface area contributed by atoms with Crippen LogP contribution in [0.2, 0.25) is 0 Å². The lowest BCUT2D eigenvalue weighted by Crippen LogP contribution is -2.30. The van der Waals surface area contributed by atoms with Gasteiger partial charge in [-0.25, -0.2) is 5.43 Å². The Morgan fingerprint density at radius 2 is 1.79 bits per heavy atom. The van der Waals surface area contributed by atoms with E-state index in [4.69, 9.17) is 0 Å². The van der Waals surface area contributed by atoms with Crippen molar-refractivity contribution in [3.05, 3.63) is 71.8 Å². The van der Waals surface area contributed by atoms with Crippen molar-refractivity contribution in [1.29, 1.82) is 0 Å². The summed E-state index contributed by atoms with van der Waals surface area (Å²) in [5, 5.41) is 4.40. The van der Waals surface area contributed by atoms with E-state index in [1.54, 1.807) is 4.90 Å². The fraction of sp³-hybridized carbons (Fsp3) is 0.348. The van der Waals surface area contributed by atoms with Gasteiger partial charge in [-0.1, -0.05) is 74.0 Å². The lowest BCUT2D eigenvalue weighted by molar-refractivity contribution is -0.129. The highest BCUT2D eigenvalue weighted by Gasteiger charge is 2.34. The maximum absolute atomic E-state index is 12.6. The maximum Gasteiger partial charge on any atom is 0.245 e. The van der Waals surface area contributed by atoms with Gasteiger partial charge in [0.15, 0.2) is 0 Å². The zero-order chi connectivity index (χ0) is 19.8. The summed E-state index contributed by atoms with van der Waals surface area (Å²) in [6.45, 7) is 3.11. The molecule has 1 N–H and O–H groups in total. The number of hydrogen-bond donors (Lipinski definition) is 1. The third-order valence-electron chi connectivity index (χ3n) is 4.98. The van der Waals surface area contributed by atoms with Crippen LogP contribution in [0.5, 0.6) is 0 Å². The van der Waals surface area contributed by atoms with Crippen LogP contribution < -0.4 is 5.43 Å². The fourth-order valence-electron chi connectivity index (χ4n) is 3.36. The normalized spacial score (nSPS) is 17.0. The van der Waals surface area contributed by atoms with Crippen molar-refractivity contribution < 1.29 is 9.59 Å². The second-order valence-electron chi connectivity index (χ2n) is 7.17. The van der Waals surface area contributed by atoms with Crippen LogP contribution in [0.25, 0.3) is 0 Å². The predicted molar refractivity (Wildman–Crippen MR) is 111 cm³/mol. The molecule has 0 aliphatic carbocycles. The molecular formula is C23H27N3O2. The summed E-state index contributed by atoms with van der Waals surface area (Å²) in [7, 11) is 0. The van der Waals surface area contributed by atoms with E-state index in [-0.39, 0.29) is 24.2 Å². The van der Waals surface area contributed by atoms with Crippen LogP contribution in [-0.2, 0) is 16.1 Å². The molecule has 1 fully saturated rings. The zero-order valence-corrected chi connectivity index (χ0v) is 16.3. The van der Waals surface area contributed by atoms with E-state index < -0.39 is 0 Å². The second kappa shape index (κ2) is 9.83. The summed E-state index contributed by atoms with van der Waals surface area (Å²) >= 11 is 0. The third-order valence-corrected chi connectivity index (χ3v) is 4.98. The first-order chi connectivity index (χ1) is 13.7. The minimum absolute atomic E-state index is 0.0160. The fourth-order valence-corrected chi connectivity index (χ4v) is 3.36. The van der Waals surface area contributed by atoms with Crippen LogP contribution in [0.4, 0.5) is 0 Å². The van der Waals surface area contributed by atoms with Crippen LogP contribution in [0.1, 0.15) is 43.7 Å². The summed E-state index contributed by atoms with van der Waals surface area (Å²) in [6.07, 6.45) is 3.12. The number of nitrogens with zero attached hydrogens (tertiary/aromatic N) is 2. The Hall–Kier alpha value is -2.95. The van der Waals surface area contributed by atoms with E-state index >= 15 is 0 Å². The molecule has 28 heavy (non-hydrogen) atoms. The van der Waals surface area contributed by atoms with Gasteiger partial charge in [-0.15, -0.1) is 0 Å². The van der Waals surface area contributed by atoms with Crippen LogP contribution in [0.15, 0.2) is 65.8 Å². The summed E-state index contributed by atoms with van der Waals surface area (Å²) in [5.74, 6) is -0.528. The number of nitrogens with one attached hydrogen (secondary N) is 1. The van der Waals surface area contributed by atoms with Crippen molar-refractivity contribution in [1.82, 2.24) is 10.3 Å². The van der Waals surface area contributed by atoms with Gasteiger partial charge in [0.2, 0.25) is 11.8 Å². The number of hydrogen-bond acceptors (Lipinski definition) is 3. The van der Waals surface area contributed by atoms with Gasteiger partial charge >= 0.3 is 0 Å². The molecule has 1 aliphatic rings. The van der Waals surface area contributed by atoms with Crippen LogP contribution >= 0.6 is 0 Å². The van der Waals surface area contributed by atoms with E-state index in [1.165, 1.54) is 0 Å². The Kier molecular flexibility index (Phi) is 6.95. The molecule has 0 radical (unpaired) electrons. The van der Waals surface area contributed by atoms with Crippen LogP contribution in [0, 0.1) is 5.92 Å². The van der Waals surface area contributed by atoms with Crippen molar-refractivity contribution in [2.75, 3.05) is 6.54 Å². The average Bonchev–Trinajstić information content (AvgIpc) is 3.10. The van der Waals surface area contributed by atoms with Crippen LogP contribution in [-0.4, -0.2) is 29.0 Å². The van der Waals surface area contributed by atoms with Gasteiger partial charge in [0.25, 0.3) is 0 Å². The lowest BCUT2D eigenvalue weighted by atomic mass is 10.1. The van der Waals surface area contributed by atoms with Gasteiger partial charge in [-0.2, -0.15) is 5.10 Å². The highest BCUT2D eigenvalue weighted by atomic mass is 16.2. The number of hydrazone groups is 1. The molecule has 5 heteroatoms. The van der Waals surface area contributed by atoms with E-state index in [0.717, 1.165) is 36.1 Å². The molecule has 1 heterocycles. The topological polar surface area (TPSA) is 61.8 Å². The van der Waals surface area contributed by atoms with E-state index in [2.05, 4.69) is 17.5 Å². The number of amides is 2. The molecule has 0 aromatic heterocycles. The molecule has 0 saturated carbocycles. The number of carbonyl (C=O) groups excluding carboxylic acids is 2. The zero-order valence-electron chi connectivity index (χ0n) is 16.3.